The van der Waals surface area contributed by atoms with Gasteiger partial charge in [0.15, 0.2) is 0 Å². The number of nitrogens with zero attached hydrogens (tertiary/aromatic N) is 3. The topological polar surface area (TPSA) is 38.7 Å². The summed E-state index contributed by atoms with van der Waals surface area (Å²) in [6, 6.07) is 9.96. The molecule has 4 heteroatoms. The number of pyridine rings is 3. The van der Waals surface area contributed by atoms with Crippen LogP contribution < -0.4 is 0 Å². The van der Waals surface area contributed by atoms with E-state index in [0.717, 1.165) is 26.0 Å². The minimum absolute atomic E-state index is 0.935. The van der Waals surface area contributed by atoms with Gasteiger partial charge in [0.05, 0.1) is 5.69 Å². The van der Waals surface area contributed by atoms with Gasteiger partial charge in [0, 0.05) is 51.2 Å². The van der Waals surface area contributed by atoms with E-state index in [1.807, 2.05) is 42.9 Å². The Labute approximate surface area is 124 Å². The average molecular weight is 359 g/mol. The zero-order valence-corrected chi connectivity index (χ0v) is 12.2. The fourth-order valence-electron chi connectivity index (χ4n) is 1.84. The molecule has 0 aliphatic carbocycles. The normalized spacial score (nSPS) is 10.4. The van der Waals surface area contributed by atoms with E-state index in [2.05, 4.69) is 43.6 Å². The van der Waals surface area contributed by atoms with Crippen molar-refractivity contribution in [1.29, 1.82) is 0 Å². The van der Waals surface area contributed by atoms with Gasteiger partial charge in [-0.05, 0) is 46.9 Å². The fourth-order valence-corrected chi connectivity index (χ4v) is 2.58. The van der Waals surface area contributed by atoms with Gasteiger partial charge < -0.3 is 0 Å². The second kappa shape index (κ2) is 5.44. The second-order valence-electron chi connectivity index (χ2n) is 4.03. The lowest BCUT2D eigenvalue weighted by Crippen LogP contribution is -1.90. The monoisotopic (exact) mass is 359 g/mol. The molecule has 0 N–H and O–H groups in total. The van der Waals surface area contributed by atoms with Crippen molar-refractivity contribution in [3.8, 4) is 22.4 Å². The molecule has 0 bridgehead atoms. The van der Waals surface area contributed by atoms with Gasteiger partial charge in [-0.25, -0.2) is 0 Å². The van der Waals surface area contributed by atoms with Crippen molar-refractivity contribution < 1.29 is 0 Å². The summed E-state index contributed by atoms with van der Waals surface area (Å²) in [7, 11) is 0. The highest BCUT2D eigenvalue weighted by atomic mass is 127. The molecule has 92 valence electrons. The largest absolute Gasteiger partial charge is 0.264 e. The lowest BCUT2D eigenvalue weighted by molar-refractivity contribution is 1.26. The number of halogens is 1. The maximum atomic E-state index is 4.51. The Balaban J connectivity index is 2.04. The maximum absolute atomic E-state index is 4.51. The molecule has 0 amide bonds. The lowest BCUT2D eigenvalue weighted by atomic mass is 10.1. The third-order valence-electron chi connectivity index (χ3n) is 2.78. The molecule has 3 aromatic heterocycles. The van der Waals surface area contributed by atoms with Gasteiger partial charge >= 0.3 is 0 Å². The molecular weight excluding hydrogens is 349 g/mol. The molecule has 0 aliphatic heterocycles. The van der Waals surface area contributed by atoms with Gasteiger partial charge in [-0.1, -0.05) is 6.07 Å². The molecule has 0 spiro atoms. The van der Waals surface area contributed by atoms with Crippen LogP contribution in [0.4, 0.5) is 0 Å². The first-order valence-corrected chi connectivity index (χ1v) is 6.89. The van der Waals surface area contributed by atoms with Crippen molar-refractivity contribution >= 4 is 22.6 Å². The highest BCUT2D eigenvalue weighted by molar-refractivity contribution is 14.1. The summed E-state index contributed by atoms with van der Waals surface area (Å²) in [5, 5.41) is 0. The van der Waals surface area contributed by atoms with Gasteiger partial charge in [-0.2, -0.15) is 0 Å². The van der Waals surface area contributed by atoms with Crippen LogP contribution in [0.25, 0.3) is 22.4 Å². The highest BCUT2D eigenvalue weighted by Crippen LogP contribution is 2.27. The lowest BCUT2D eigenvalue weighted by Gasteiger charge is -2.06. The summed E-state index contributed by atoms with van der Waals surface area (Å²) in [5.41, 5.74) is 4.14. The van der Waals surface area contributed by atoms with Gasteiger partial charge in [-0.15, -0.1) is 0 Å². The van der Waals surface area contributed by atoms with E-state index < -0.39 is 0 Å². The average Bonchev–Trinajstić information content (AvgIpc) is 2.49. The zero-order chi connectivity index (χ0) is 13.1. The van der Waals surface area contributed by atoms with Gasteiger partial charge in [0.1, 0.15) is 0 Å². The SMILES string of the molecule is Ic1cc(-c2cccnc2)ncc1-c1cccnc1. The van der Waals surface area contributed by atoms with Crippen molar-refractivity contribution in [1.82, 2.24) is 15.0 Å². The van der Waals surface area contributed by atoms with Crippen molar-refractivity contribution in [2.45, 2.75) is 0 Å². The first-order chi connectivity index (χ1) is 9.34. The smallest absolute Gasteiger partial charge is 0.0728 e. The first kappa shape index (κ1) is 12.2. The Bertz CT molecular complexity index is 684. The summed E-state index contributed by atoms with van der Waals surface area (Å²) in [6.45, 7) is 0. The summed E-state index contributed by atoms with van der Waals surface area (Å²) in [4.78, 5) is 12.8. The number of rotatable bonds is 2. The third-order valence-corrected chi connectivity index (χ3v) is 3.68. The van der Waals surface area contributed by atoms with Crippen LogP contribution in [-0.2, 0) is 0 Å². The molecule has 0 fully saturated rings. The number of aromatic nitrogens is 3. The molecule has 0 aliphatic rings. The van der Waals surface area contributed by atoms with Gasteiger partial charge in [0.25, 0.3) is 0 Å². The Morgan fingerprint density at radius 2 is 1.53 bits per heavy atom. The molecular formula is C15H10IN3. The fraction of sp³-hybridized carbons (Fsp3) is 0. The number of hydrogen-bond donors (Lipinski definition) is 0. The van der Waals surface area contributed by atoms with Crippen LogP contribution in [0.15, 0.2) is 61.3 Å². The van der Waals surface area contributed by atoms with Crippen molar-refractivity contribution in [2.24, 2.45) is 0 Å². The molecule has 0 saturated heterocycles. The second-order valence-corrected chi connectivity index (χ2v) is 5.19. The van der Waals surface area contributed by atoms with Crippen molar-refractivity contribution in [2.75, 3.05) is 0 Å². The van der Waals surface area contributed by atoms with Crippen LogP contribution in [0.3, 0.4) is 0 Å². The van der Waals surface area contributed by atoms with Gasteiger partial charge in [-0.3, -0.25) is 15.0 Å². The minimum Gasteiger partial charge on any atom is -0.264 e. The number of hydrogen-bond acceptors (Lipinski definition) is 3. The minimum atomic E-state index is 0.935. The molecule has 0 unspecified atom stereocenters. The summed E-state index contributed by atoms with van der Waals surface area (Å²) in [6.07, 6.45) is 9.10. The van der Waals surface area contributed by atoms with Crippen LogP contribution in [-0.4, -0.2) is 15.0 Å². The predicted octanol–water partition coefficient (Wildman–Crippen LogP) is 3.81. The molecule has 0 radical (unpaired) electrons. The summed E-state index contributed by atoms with van der Waals surface area (Å²) < 4.78 is 1.15. The van der Waals surface area contributed by atoms with E-state index in [4.69, 9.17) is 0 Å². The Kier molecular flexibility index (Phi) is 3.50. The van der Waals surface area contributed by atoms with E-state index in [0.29, 0.717) is 0 Å². The standard InChI is InChI=1S/C15H10IN3/c16-14-7-15(12-4-2-6-18-9-12)19-10-13(14)11-3-1-5-17-8-11/h1-10H. The van der Waals surface area contributed by atoms with E-state index in [-0.39, 0.29) is 0 Å². The summed E-state index contributed by atoms with van der Waals surface area (Å²) >= 11 is 2.33. The van der Waals surface area contributed by atoms with Crippen molar-refractivity contribution in [3.05, 3.63) is 64.9 Å². The van der Waals surface area contributed by atoms with E-state index in [1.165, 1.54) is 0 Å². The quantitative estimate of drug-likeness (QED) is 0.654. The zero-order valence-electron chi connectivity index (χ0n) is 9.99. The summed E-state index contributed by atoms with van der Waals surface area (Å²) in [5.74, 6) is 0. The van der Waals surface area contributed by atoms with Crippen LogP contribution in [0.1, 0.15) is 0 Å². The van der Waals surface area contributed by atoms with Crippen LogP contribution in [0.5, 0.6) is 0 Å². The van der Waals surface area contributed by atoms with E-state index >= 15 is 0 Å². The molecule has 3 rings (SSSR count). The highest BCUT2D eigenvalue weighted by Gasteiger charge is 2.06. The Morgan fingerprint density at radius 1 is 0.842 bits per heavy atom. The molecule has 3 heterocycles. The van der Waals surface area contributed by atoms with Crippen LogP contribution in [0, 0.1) is 3.57 Å². The van der Waals surface area contributed by atoms with E-state index in [9.17, 15) is 0 Å². The maximum Gasteiger partial charge on any atom is 0.0728 e. The molecule has 0 saturated carbocycles. The van der Waals surface area contributed by atoms with E-state index in [1.54, 1.807) is 12.4 Å². The van der Waals surface area contributed by atoms with Crippen LogP contribution >= 0.6 is 22.6 Å². The molecule has 0 aromatic carbocycles. The molecule has 3 aromatic rings. The first-order valence-electron chi connectivity index (χ1n) is 5.81. The molecule has 0 atom stereocenters. The predicted molar refractivity (Wildman–Crippen MR) is 83.4 cm³/mol. The van der Waals surface area contributed by atoms with Gasteiger partial charge in [0.2, 0.25) is 0 Å². The Morgan fingerprint density at radius 3 is 2.11 bits per heavy atom. The van der Waals surface area contributed by atoms with Crippen molar-refractivity contribution in [3.63, 3.8) is 0 Å². The molecule has 3 nitrogen and oxygen atoms in total. The molecule has 19 heavy (non-hydrogen) atoms. The Hall–Kier alpha value is -1.82. The third kappa shape index (κ3) is 2.63. The van der Waals surface area contributed by atoms with Crippen LogP contribution in [0.2, 0.25) is 0 Å².